The summed E-state index contributed by atoms with van der Waals surface area (Å²) < 4.78 is 10.4. The predicted octanol–water partition coefficient (Wildman–Crippen LogP) is 4.42. The summed E-state index contributed by atoms with van der Waals surface area (Å²) in [6, 6.07) is 13.5. The maximum atomic E-state index is 12.8. The Morgan fingerprint density at radius 3 is 1.93 bits per heavy atom. The highest BCUT2D eigenvalue weighted by Crippen LogP contribution is 2.32. The smallest absolute Gasteiger partial charge is 0.320 e. The van der Waals surface area contributed by atoms with Crippen LogP contribution in [-0.2, 0) is 19.1 Å². The van der Waals surface area contributed by atoms with E-state index in [1.54, 1.807) is 48.5 Å². The topological polar surface area (TPSA) is 69.7 Å². The van der Waals surface area contributed by atoms with Gasteiger partial charge in [0.2, 0.25) is 0 Å². The van der Waals surface area contributed by atoms with Crippen LogP contribution in [-0.4, -0.2) is 31.9 Å². The number of carbonyl (C=O) groups is 3. The molecule has 2 rings (SSSR count). The molecule has 0 aliphatic rings. The molecule has 0 radical (unpaired) electrons. The lowest BCUT2D eigenvalue weighted by molar-refractivity contribution is -0.159. The van der Waals surface area contributed by atoms with Crippen LogP contribution in [0.25, 0.3) is 0 Å². The minimum atomic E-state index is -1.26. The van der Waals surface area contributed by atoms with Crippen LogP contribution in [0.5, 0.6) is 0 Å². The third kappa shape index (κ3) is 5.40. The number of carbonyl (C=O) groups excluding carboxylic acids is 3. The summed E-state index contributed by atoms with van der Waals surface area (Å²) in [6.45, 7) is 0. The van der Waals surface area contributed by atoms with Crippen molar-refractivity contribution in [2.24, 2.45) is 5.92 Å². The van der Waals surface area contributed by atoms with Crippen molar-refractivity contribution in [2.75, 3.05) is 14.2 Å². The Balaban J connectivity index is 2.43. The van der Waals surface area contributed by atoms with E-state index in [0.717, 1.165) is 4.47 Å². The van der Waals surface area contributed by atoms with Gasteiger partial charge in [-0.05, 0) is 29.8 Å². The van der Waals surface area contributed by atoms with Crippen LogP contribution < -0.4 is 0 Å². The second kappa shape index (κ2) is 9.67. The lowest BCUT2D eigenvalue weighted by Gasteiger charge is -2.23. The van der Waals surface area contributed by atoms with E-state index >= 15 is 0 Å². The lowest BCUT2D eigenvalue weighted by Crippen LogP contribution is -2.33. The molecular weight excluding hydrogens is 436 g/mol. The van der Waals surface area contributed by atoms with Gasteiger partial charge in [-0.1, -0.05) is 51.8 Å². The second-order valence-electron chi connectivity index (χ2n) is 5.82. The van der Waals surface area contributed by atoms with Crippen molar-refractivity contribution in [3.8, 4) is 0 Å². The number of rotatable bonds is 7. The normalized spacial score (nSPS) is 11.7. The zero-order chi connectivity index (χ0) is 20.0. The first-order valence-corrected chi connectivity index (χ1v) is 9.24. The van der Waals surface area contributed by atoms with Gasteiger partial charge in [0.1, 0.15) is 0 Å². The molecule has 0 bridgehead atoms. The Labute approximate surface area is 170 Å². The molecule has 0 amide bonds. The zero-order valence-corrected chi connectivity index (χ0v) is 17.1. The highest BCUT2D eigenvalue weighted by molar-refractivity contribution is 9.10. The van der Waals surface area contributed by atoms with Crippen molar-refractivity contribution in [3.05, 3.63) is 69.2 Å². The van der Waals surface area contributed by atoms with Gasteiger partial charge >= 0.3 is 11.9 Å². The largest absolute Gasteiger partial charge is 0.468 e. The fourth-order valence-corrected chi connectivity index (χ4v) is 3.16. The van der Waals surface area contributed by atoms with Crippen LogP contribution in [0.2, 0.25) is 5.02 Å². The third-order valence-electron chi connectivity index (χ3n) is 4.18. The van der Waals surface area contributed by atoms with Gasteiger partial charge < -0.3 is 9.47 Å². The monoisotopic (exact) mass is 452 g/mol. The molecule has 0 saturated heterocycles. The molecule has 27 heavy (non-hydrogen) atoms. The minimum Gasteiger partial charge on any atom is -0.468 e. The van der Waals surface area contributed by atoms with Gasteiger partial charge in [0.05, 0.1) is 14.2 Å². The van der Waals surface area contributed by atoms with Crippen LogP contribution in [0.4, 0.5) is 0 Å². The number of ketones is 1. The predicted molar refractivity (Wildman–Crippen MR) is 105 cm³/mol. The van der Waals surface area contributed by atoms with Gasteiger partial charge in [0, 0.05) is 27.4 Å². The quantitative estimate of drug-likeness (QED) is 0.353. The first kappa shape index (κ1) is 21.1. The van der Waals surface area contributed by atoms with Crippen LogP contribution in [0, 0.1) is 5.92 Å². The summed E-state index contributed by atoms with van der Waals surface area (Å²) in [7, 11) is 2.38. The van der Waals surface area contributed by atoms with Crippen LogP contribution >= 0.6 is 27.5 Å². The van der Waals surface area contributed by atoms with Gasteiger partial charge in [-0.25, -0.2) is 0 Å². The van der Waals surface area contributed by atoms with E-state index in [4.69, 9.17) is 21.1 Å². The van der Waals surface area contributed by atoms with E-state index < -0.39 is 23.8 Å². The van der Waals surface area contributed by atoms with Crippen LogP contribution in [0.1, 0.15) is 28.3 Å². The van der Waals surface area contributed by atoms with E-state index in [2.05, 4.69) is 15.9 Å². The molecule has 1 atom stereocenters. The van der Waals surface area contributed by atoms with Gasteiger partial charge in [0.25, 0.3) is 0 Å². The number of esters is 2. The Morgan fingerprint density at radius 1 is 0.926 bits per heavy atom. The summed E-state index contributed by atoms with van der Waals surface area (Å²) in [5.41, 5.74) is 1.09. The molecule has 2 aromatic rings. The summed E-state index contributed by atoms with van der Waals surface area (Å²) in [6.07, 6.45) is -0.0713. The molecule has 5 nitrogen and oxygen atoms in total. The van der Waals surface area contributed by atoms with E-state index in [9.17, 15) is 14.4 Å². The Morgan fingerprint density at radius 2 is 1.44 bits per heavy atom. The molecule has 1 unspecified atom stereocenters. The molecule has 142 valence electrons. The Hall–Kier alpha value is -2.18. The van der Waals surface area contributed by atoms with Crippen LogP contribution in [0.3, 0.4) is 0 Å². The number of halogens is 2. The van der Waals surface area contributed by atoms with Crippen molar-refractivity contribution in [1.82, 2.24) is 0 Å². The molecule has 0 N–H and O–H groups in total. The molecule has 0 aliphatic heterocycles. The van der Waals surface area contributed by atoms with Crippen molar-refractivity contribution < 1.29 is 23.9 Å². The summed E-state index contributed by atoms with van der Waals surface area (Å²) in [5.74, 6) is -3.74. The van der Waals surface area contributed by atoms with E-state index in [1.165, 1.54) is 14.2 Å². The second-order valence-corrected chi connectivity index (χ2v) is 7.17. The molecule has 7 heteroatoms. The standard InChI is InChI=1S/C20H18BrClO5/c1-26-19(24)18(20(25)27-2)16(12-5-9-15(22)10-6-12)11-17(23)13-3-7-14(21)8-4-13/h3-10,16,18H,11H2,1-2H3. The summed E-state index contributed by atoms with van der Waals surface area (Å²) in [5, 5.41) is 0.504. The van der Waals surface area contributed by atoms with Crippen molar-refractivity contribution >= 4 is 45.3 Å². The van der Waals surface area contributed by atoms with Gasteiger partial charge in [-0.3, -0.25) is 14.4 Å². The highest BCUT2D eigenvalue weighted by Gasteiger charge is 2.39. The lowest BCUT2D eigenvalue weighted by atomic mass is 9.81. The van der Waals surface area contributed by atoms with E-state index in [1.807, 2.05) is 0 Å². The maximum Gasteiger partial charge on any atom is 0.320 e. The number of ether oxygens (including phenoxy) is 2. The van der Waals surface area contributed by atoms with Crippen molar-refractivity contribution in [1.29, 1.82) is 0 Å². The van der Waals surface area contributed by atoms with Gasteiger partial charge in [-0.2, -0.15) is 0 Å². The highest BCUT2D eigenvalue weighted by atomic mass is 79.9. The Kier molecular flexibility index (Phi) is 7.56. The van der Waals surface area contributed by atoms with Crippen LogP contribution in [0.15, 0.2) is 53.0 Å². The average molecular weight is 454 g/mol. The zero-order valence-electron chi connectivity index (χ0n) is 14.8. The maximum absolute atomic E-state index is 12.8. The summed E-state index contributed by atoms with van der Waals surface area (Å²) in [4.78, 5) is 37.4. The fraction of sp³-hybridized carbons (Fsp3) is 0.250. The molecule has 0 aliphatic carbocycles. The summed E-state index contributed by atoms with van der Waals surface area (Å²) >= 11 is 9.26. The number of methoxy groups -OCH3 is 2. The number of hydrogen-bond donors (Lipinski definition) is 0. The average Bonchev–Trinajstić information content (AvgIpc) is 2.68. The molecule has 0 aromatic heterocycles. The fourth-order valence-electron chi connectivity index (χ4n) is 2.77. The van der Waals surface area contributed by atoms with E-state index in [-0.39, 0.29) is 12.2 Å². The first-order chi connectivity index (χ1) is 12.9. The number of benzene rings is 2. The molecule has 0 heterocycles. The molecule has 0 fully saturated rings. The first-order valence-electron chi connectivity index (χ1n) is 8.07. The molecule has 2 aromatic carbocycles. The number of Topliss-reactive ketones (excluding diaryl/α,β-unsaturated/α-hetero) is 1. The number of hydrogen-bond acceptors (Lipinski definition) is 5. The SMILES string of the molecule is COC(=O)C(C(=O)OC)C(CC(=O)c1ccc(Br)cc1)c1ccc(Cl)cc1. The van der Waals surface area contributed by atoms with Gasteiger partial charge in [-0.15, -0.1) is 0 Å². The molecule has 0 spiro atoms. The van der Waals surface area contributed by atoms with E-state index in [0.29, 0.717) is 16.1 Å². The third-order valence-corrected chi connectivity index (χ3v) is 4.96. The minimum absolute atomic E-state index is 0.0713. The van der Waals surface area contributed by atoms with Gasteiger partial charge in [0.15, 0.2) is 11.7 Å². The molecule has 0 saturated carbocycles. The van der Waals surface area contributed by atoms with Crippen molar-refractivity contribution in [2.45, 2.75) is 12.3 Å². The van der Waals surface area contributed by atoms with Crippen molar-refractivity contribution in [3.63, 3.8) is 0 Å². The molecular formula is C20H18BrClO5. The Bertz CT molecular complexity index is 801.